The van der Waals surface area contributed by atoms with Gasteiger partial charge >= 0.3 is 0 Å². The Balaban J connectivity index is 1.51. The van der Waals surface area contributed by atoms with Gasteiger partial charge in [-0.1, -0.05) is 29.3 Å². The van der Waals surface area contributed by atoms with Crippen LogP contribution in [0.5, 0.6) is 5.75 Å². The summed E-state index contributed by atoms with van der Waals surface area (Å²) in [5.74, 6) is 0.398. The molecule has 24 heavy (non-hydrogen) atoms. The van der Waals surface area contributed by atoms with Gasteiger partial charge in [-0.3, -0.25) is 20.5 Å². The number of carbonyl (C=O) groups excluding carboxylic acids is 1. The first-order chi connectivity index (χ1) is 11.5. The largest absolute Gasteiger partial charge is 0.489 e. The van der Waals surface area contributed by atoms with Crippen LogP contribution in [-0.4, -0.2) is 48.9 Å². The van der Waals surface area contributed by atoms with E-state index in [9.17, 15) is 9.90 Å². The Morgan fingerprint density at radius 1 is 1.42 bits per heavy atom. The molecule has 2 aliphatic heterocycles. The van der Waals surface area contributed by atoms with E-state index in [1.165, 1.54) is 0 Å². The maximum absolute atomic E-state index is 11.9. The number of rotatable bonds is 5. The molecule has 1 aromatic carbocycles. The average molecular weight is 374 g/mol. The van der Waals surface area contributed by atoms with Gasteiger partial charge in [-0.05, 0) is 12.1 Å². The number of aliphatic imine (C=N–C) groups is 1. The van der Waals surface area contributed by atoms with E-state index in [1.54, 1.807) is 18.2 Å². The summed E-state index contributed by atoms with van der Waals surface area (Å²) >= 11 is 11.9. The fourth-order valence-corrected chi connectivity index (χ4v) is 2.73. The van der Waals surface area contributed by atoms with Crippen LogP contribution in [-0.2, 0) is 4.79 Å². The number of hydrogen-bond acceptors (Lipinski definition) is 6. The van der Waals surface area contributed by atoms with Crippen LogP contribution in [0.3, 0.4) is 0 Å². The summed E-state index contributed by atoms with van der Waals surface area (Å²) < 4.78 is 5.44. The highest BCUT2D eigenvalue weighted by atomic mass is 35.5. The Hall–Kier alpha value is -1.58. The minimum atomic E-state index is -0.862. The van der Waals surface area contributed by atoms with Crippen molar-refractivity contribution in [2.45, 2.75) is 12.3 Å². The Kier molecular flexibility index (Phi) is 5.42. The van der Waals surface area contributed by atoms with Crippen LogP contribution >= 0.6 is 23.2 Å². The molecule has 2 heterocycles. The molecule has 0 radical (unpaired) electrons. The number of aliphatic hydroxyl groups is 1. The second-order valence-corrected chi connectivity index (χ2v) is 6.23. The first-order valence-electron chi connectivity index (χ1n) is 7.39. The van der Waals surface area contributed by atoms with E-state index in [4.69, 9.17) is 27.9 Å². The number of hydrogen-bond donors (Lipinski definition) is 5. The Morgan fingerprint density at radius 2 is 2.25 bits per heavy atom. The lowest BCUT2D eigenvalue weighted by Gasteiger charge is -2.27. The van der Waals surface area contributed by atoms with Crippen molar-refractivity contribution in [1.82, 2.24) is 21.5 Å². The van der Waals surface area contributed by atoms with Crippen LogP contribution in [0.25, 0.3) is 0 Å². The summed E-state index contributed by atoms with van der Waals surface area (Å²) in [4.78, 5) is 16.0. The number of carbonyl (C=O) groups is 1. The molecule has 0 spiro atoms. The van der Waals surface area contributed by atoms with Gasteiger partial charge in [-0.2, -0.15) is 0 Å². The van der Waals surface area contributed by atoms with Crippen LogP contribution < -0.4 is 26.2 Å². The van der Waals surface area contributed by atoms with E-state index in [0.29, 0.717) is 28.3 Å². The van der Waals surface area contributed by atoms with Gasteiger partial charge in [-0.25, -0.2) is 5.43 Å². The van der Waals surface area contributed by atoms with Gasteiger partial charge < -0.3 is 15.2 Å². The highest BCUT2D eigenvalue weighted by Crippen LogP contribution is 2.31. The van der Waals surface area contributed by atoms with Gasteiger partial charge in [0.1, 0.15) is 29.6 Å². The van der Waals surface area contributed by atoms with Crippen molar-refractivity contribution >= 4 is 35.1 Å². The van der Waals surface area contributed by atoms with E-state index >= 15 is 0 Å². The van der Waals surface area contributed by atoms with Crippen molar-refractivity contribution < 1.29 is 14.6 Å². The Labute approximate surface area is 148 Å². The predicted molar refractivity (Wildman–Crippen MR) is 90.0 cm³/mol. The molecule has 0 aromatic heterocycles. The van der Waals surface area contributed by atoms with Crippen molar-refractivity contribution in [3.05, 3.63) is 28.2 Å². The molecular weight excluding hydrogens is 357 g/mol. The molecular formula is C14H17Cl2N5O3. The molecule has 3 rings (SSSR count). The zero-order valence-corrected chi connectivity index (χ0v) is 14.1. The van der Waals surface area contributed by atoms with E-state index in [1.807, 2.05) is 0 Å². The lowest BCUT2D eigenvalue weighted by Crippen LogP contribution is -2.61. The lowest BCUT2D eigenvalue weighted by atomic mass is 10.1. The molecule has 130 valence electrons. The minimum absolute atomic E-state index is 0.00333. The van der Waals surface area contributed by atoms with Crippen LogP contribution in [0.1, 0.15) is 0 Å². The fraction of sp³-hybridized carbons (Fsp3) is 0.429. The molecule has 3 unspecified atom stereocenters. The van der Waals surface area contributed by atoms with Gasteiger partial charge in [-0.15, -0.1) is 0 Å². The van der Waals surface area contributed by atoms with Crippen molar-refractivity contribution in [3.63, 3.8) is 0 Å². The molecule has 1 aromatic rings. The zero-order chi connectivity index (χ0) is 17.1. The van der Waals surface area contributed by atoms with Gasteiger partial charge in [0.15, 0.2) is 5.96 Å². The van der Waals surface area contributed by atoms with E-state index in [2.05, 4.69) is 26.5 Å². The third-order valence-corrected chi connectivity index (χ3v) is 4.46. The van der Waals surface area contributed by atoms with Crippen molar-refractivity contribution in [1.29, 1.82) is 0 Å². The number of amides is 1. The molecule has 8 nitrogen and oxygen atoms in total. The second kappa shape index (κ2) is 7.54. The SMILES string of the molecule is O=C1NC(=NCC(O)COc2cccc(Cl)c2Cl)NC2NNCC12. The average Bonchev–Trinajstić information content (AvgIpc) is 3.03. The molecule has 10 heteroatoms. The van der Waals surface area contributed by atoms with E-state index < -0.39 is 6.10 Å². The Bertz CT molecular complexity index is 657. The maximum Gasteiger partial charge on any atom is 0.234 e. The van der Waals surface area contributed by atoms with Crippen LogP contribution in [0.15, 0.2) is 23.2 Å². The maximum atomic E-state index is 11.9. The summed E-state index contributed by atoms with van der Waals surface area (Å²) in [6, 6.07) is 5.01. The predicted octanol–water partition coefficient (Wildman–Crippen LogP) is -0.141. The summed E-state index contributed by atoms with van der Waals surface area (Å²) in [6.07, 6.45) is -1.07. The number of aliphatic hydroxyl groups excluding tert-OH is 1. The number of nitrogens with one attached hydrogen (secondary N) is 4. The molecule has 2 saturated heterocycles. The third-order valence-electron chi connectivity index (χ3n) is 3.66. The highest BCUT2D eigenvalue weighted by Gasteiger charge is 2.37. The summed E-state index contributed by atoms with van der Waals surface area (Å²) in [5.41, 5.74) is 5.85. The van der Waals surface area contributed by atoms with Gasteiger partial charge in [0.05, 0.1) is 17.5 Å². The van der Waals surface area contributed by atoms with Gasteiger partial charge in [0, 0.05) is 6.54 Å². The lowest BCUT2D eigenvalue weighted by molar-refractivity contribution is -0.124. The monoisotopic (exact) mass is 373 g/mol. The molecule has 2 aliphatic rings. The number of ether oxygens (including phenoxy) is 1. The van der Waals surface area contributed by atoms with Crippen LogP contribution in [0, 0.1) is 5.92 Å². The van der Waals surface area contributed by atoms with Gasteiger partial charge in [0.25, 0.3) is 0 Å². The molecule has 0 bridgehead atoms. The second-order valence-electron chi connectivity index (χ2n) is 5.45. The molecule has 1 amide bonds. The van der Waals surface area contributed by atoms with E-state index in [-0.39, 0.29) is 31.1 Å². The molecule has 5 N–H and O–H groups in total. The standard InChI is InChI=1S/C14H17Cl2N5O3/c15-9-2-1-3-10(11(9)16)24-6-7(22)4-17-14-19-12-8(5-18-21-12)13(23)20-14/h1-3,7-8,12,18,21-22H,4-6H2,(H2,17,19,20,23). The van der Waals surface area contributed by atoms with Crippen molar-refractivity contribution in [2.75, 3.05) is 19.7 Å². The minimum Gasteiger partial charge on any atom is -0.489 e. The number of hydrazine groups is 1. The fourth-order valence-electron chi connectivity index (χ4n) is 2.39. The smallest absolute Gasteiger partial charge is 0.234 e. The first-order valence-corrected chi connectivity index (χ1v) is 8.15. The normalized spacial score (nSPS) is 25.8. The molecule has 0 aliphatic carbocycles. The number of fused-ring (bicyclic) bond motifs is 1. The first kappa shape index (κ1) is 17.2. The number of guanidine groups is 1. The van der Waals surface area contributed by atoms with Crippen molar-refractivity contribution in [3.8, 4) is 5.75 Å². The number of nitrogens with zero attached hydrogens (tertiary/aromatic N) is 1. The topological polar surface area (TPSA) is 107 Å². The summed E-state index contributed by atoms with van der Waals surface area (Å²) in [6.45, 7) is 0.607. The quantitative estimate of drug-likeness (QED) is 0.491. The van der Waals surface area contributed by atoms with Crippen LogP contribution in [0.4, 0.5) is 0 Å². The summed E-state index contributed by atoms with van der Waals surface area (Å²) in [5, 5.41) is 16.4. The molecule has 0 saturated carbocycles. The molecule has 2 fully saturated rings. The van der Waals surface area contributed by atoms with Crippen LogP contribution in [0.2, 0.25) is 10.0 Å². The van der Waals surface area contributed by atoms with Crippen molar-refractivity contribution in [2.24, 2.45) is 10.9 Å². The summed E-state index contributed by atoms with van der Waals surface area (Å²) in [7, 11) is 0. The number of benzene rings is 1. The Morgan fingerprint density at radius 3 is 3.08 bits per heavy atom. The van der Waals surface area contributed by atoms with Gasteiger partial charge in [0.2, 0.25) is 5.91 Å². The number of halogens is 2. The van der Waals surface area contributed by atoms with E-state index in [0.717, 1.165) is 0 Å². The highest BCUT2D eigenvalue weighted by molar-refractivity contribution is 6.42. The zero-order valence-electron chi connectivity index (χ0n) is 12.6. The molecule has 3 atom stereocenters. The third kappa shape index (κ3) is 3.90.